The first-order valence-electron chi connectivity index (χ1n) is 8.46. The maximum absolute atomic E-state index is 4.83. The number of nitrogens with one attached hydrogen (secondary N) is 1. The van der Waals surface area contributed by atoms with Crippen LogP contribution >= 0.6 is 0 Å². The van der Waals surface area contributed by atoms with E-state index in [1.807, 2.05) is 13.1 Å². The van der Waals surface area contributed by atoms with Crippen LogP contribution in [-0.4, -0.2) is 50.2 Å². The first kappa shape index (κ1) is 18.9. The smallest absolute Gasteiger partial charge is 0.148 e. The van der Waals surface area contributed by atoms with E-state index in [1.54, 1.807) is 0 Å². The van der Waals surface area contributed by atoms with Gasteiger partial charge in [0.1, 0.15) is 5.84 Å². The van der Waals surface area contributed by atoms with Crippen LogP contribution in [0.5, 0.6) is 0 Å². The van der Waals surface area contributed by atoms with E-state index in [1.165, 1.54) is 12.8 Å². The molecule has 4 heteroatoms. The lowest BCUT2D eigenvalue weighted by molar-refractivity contribution is 0.191. The third-order valence-electron chi connectivity index (χ3n) is 4.62. The molecule has 1 saturated carbocycles. The standard InChI is InChI=1S/C18H34N4/c1-8-22(7)15-11-9-14(10-12-15)21-17(20-6)13-16(19-5)18(2,3)4/h13-15,19H,6,8-12H2,1-5,7H3. The summed E-state index contributed by atoms with van der Waals surface area (Å²) in [6.45, 7) is 13.6. The van der Waals surface area contributed by atoms with Crippen LogP contribution in [0.15, 0.2) is 21.8 Å². The largest absolute Gasteiger partial charge is 0.391 e. The molecule has 0 heterocycles. The Morgan fingerprint density at radius 1 is 1.27 bits per heavy atom. The summed E-state index contributed by atoms with van der Waals surface area (Å²) in [7, 11) is 4.17. The van der Waals surface area contributed by atoms with E-state index in [2.05, 4.69) is 56.7 Å². The zero-order chi connectivity index (χ0) is 16.8. The summed E-state index contributed by atoms with van der Waals surface area (Å²) in [6.07, 6.45) is 6.78. The van der Waals surface area contributed by atoms with Gasteiger partial charge in [0.05, 0.1) is 6.04 Å². The molecule has 0 saturated heterocycles. The van der Waals surface area contributed by atoms with Gasteiger partial charge < -0.3 is 10.2 Å². The second kappa shape index (κ2) is 8.47. The lowest BCUT2D eigenvalue weighted by Gasteiger charge is -2.32. The summed E-state index contributed by atoms with van der Waals surface area (Å²) in [4.78, 5) is 11.4. The summed E-state index contributed by atoms with van der Waals surface area (Å²) in [5.74, 6) is 0.756. The molecule has 126 valence electrons. The number of nitrogens with zero attached hydrogens (tertiary/aromatic N) is 3. The topological polar surface area (TPSA) is 40.0 Å². The van der Waals surface area contributed by atoms with Crippen molar-refractivity contribution in [3.8, 4) is 0 Å². The van der Waals surface area contributed by atoms with E-state index in [0.29, 0.717) is 6.04 Å². The molecule has 0 aliphatic heterocycles. The lowest BCUT2D eigenvalue weighted by atomic mass is 9.90. The summed E-state index contributed by atoms with van der Waals surface area (Å²) in [5, 5.41) is 3.26. The maximum atomic E-state index is 4.83. The highest BCUT2D eigenvalue weighted by Gasteiger charge is 2.23. The van der Waals surface area contributed by atoms with Gasteiger partial charge in [-0.2, -0.15) is 0 Å². The van der Waals surface area contributed by atoms with Crippen molar-refractivity contribution in [2.45, 2.75) is 65.5 Å². The minimum Gasteiger partial charge on any atom is -0.391 e. The summed E-state index contributed by atoms with van der Waals surface area (Å²) in [5.41, 5.74) is 1.19. The average Bonchev–Trinajstić information content (AvgIpc) is 2.49. The predicted octanol–water partition coefficient (Wildman–Crippen LogP) is 3.50. The molecule has 0 aromatic rings. The normalized spacial score (nSPS) is 24.5. The average molecular weight is 306 g/mol. The molecular weight excluding hydrogens is 272 g/mol. The number of aliphatic imine (C=N–C) groups is 2. The Morgan fingerprint density at radius 2 is 1.86 bits per heavy atom. The number of amidine groups is 1. The zero-order valence-electron chi connectivity index (χ0n) is 15.3. The molecule has 0 bridgehead atoms. The van der Waals surface area contributed by atoms with Gasteiger partial charge in [-0.05, 0) is 46.0 Å². The van der Waals surface area contributed by atoms with Crippen LogP contribution < -0.4 is 5.32 Å². The quantitative estimate of drug-likeness (QED) is 0.624. The van der Waals surface area contributed by atoms with Crippen molar-refractivity contribution in [2.24, 2.45) is 15.4 Å². The molecule has 1 aliphatic carbocycles. The fourth-order valence-electron chi connectivity index (χ4n) is 2.99. The van der Waals surface area contributed by atoms with Gasteiger partial charge in [-0.15, -0.1) is 0 Å². The van der Waals surface area contributed by atoms with Gasteiger partial charge in [0.2, 0.25) is 0 Å². The highest BCUT2D eigenvalue weighted by molar-refractivity contribution is 5.96. The molecule has 0 aromatic carbocycles. The fraction of sp³-hybridized carbons (Fsp3) is 0.778. The van der Waals surface area contributed by atoms with E-state index in [4.69, 9.17) is 4.99 Å². The van der Waals surface area contributed by atoms with Crippen molar-refractivity contribution >= 4 is 12.6 Å². The van der Waals surface area contributed by atoms with Crippen molar-refractivity contribution in [1.29, 1.82) is 0 Å². The van der Waals surface area contributed by atoms with Crippen LogP contribution in [0.25, 0.3) is 0 Å². The number of allylic oxidation sites excluding steroid dienone is 1. The Bertz CT molecular complexity index is 409. The van der Waals surface area contributed by atoms with E-state index in [9.17, 15) is 0 Å². The molecule has 0 unspecified atom stereocenters. The van der Waals surface area contributed by atoms with Gasteiger partial charge in [0.15, 0.2) is 0 Å². The molecule has 0 amide bonds. The summed E-state index contributed by atoms with van der Waals surface area (Å²) < 4.78 is 0. The molecule has 0 aromatic heterocycles. The Hall–Kier alpha value is -1.16. The number of hydrogen-bond acceptors (Lipinski definition) is 3. The third-order valence-corrected chi connectivity index (χ3v) is 4.62. The maximum Gasteiger partial charge on any atom is 0.148 e. The lowest BCUT2D eigenvalue weighted by Crippen LogP contribution is -2.35. The van der Waals surface area contributed by atoms with E-state index in [-0.39, 0.29) is 5.41 Å². The van der Waals surface area contributed by atoms with Crippen molar-refractivity contribution in [3.05, 3.63) is 11.8 Å². The zero-order valence-corrected chi connectivity index (χ0v) is 15.3. The second-order valence-corrected chi connectivity index (χ2v) is 7.24. The van der Waals surface area contributed by atoms with Crippen LogP contribution in [0.2, 0.25) is 0 Å². The van der Waals surface area contributed by atoms with Crippen LogP contribution in [0.3, 0.4) is 0 Å². The Labute approximate surface area is 136 Å². The van der Waals surface area contributed by atoms with Gasteiger partial charge in [-0.3, -0.25) is 4.99 Å². The van der Waals surface area contributed by atoms with Crippen LogP contribution in [-0.2, 0) is 0 Å². The van der Waals surface area contributed by atoms with E-state index in [0.717, 1.165) is 37.0 Å². The Morgan fingerprint density at radius 3 is 2.27 bits per heavy atom. The highest BCUT2D eigenvalue weighted by atomic mass is 15.1. The highest BCUT2D eigenvalue weighted by Crippen LogP contribution is 2.26. The summed E-state index contributed by atoms with van der Waals surface area (Å²) in [6, 6.07) is 1.10. The molecule has 1 rings (SSSR count). The van der Waals surface area contributed by atoms with E-state index < -0.39 is 0 Å². The molecule has 0 atom stereocenters. The minimum atomic E-state index is 0.0573. The van der Waals surface area contributed by atoms with Crippen molar-refractivity contribution in [2.75, 3.05) is 20.6 Å². The summed E-state index contributed by atoms with van der Waals surface area (Å²) >= 11 is 0. The van der Waals surface area contributed by atoms with Gasteiger partial charge in [0, 0.05) is 30.3 Å². The van der Waals surface area contributed by atoms with Gasteiger partial charge in [0.25, 0.3) is 0 Å². The SMILES string of the molecule is C=NC(C=C(NC)C(C)(C)C)=NC1CCC(N(C)CC)CC1. The number of hydrogen-bond donors (Lipinski definition) is 1. The van der Waals surface area contributed by atoms with E-state index >= 15 is 0 Å². The molecule has 4 nitrogen and oxygen atoms in total. The van der Waals surface area contributed by atoms with Gasteiger partial charge in [-0.1, -0.05) is 27.7 Å². The molecule has 1 fully saturated rings. The second-order valence-electron chi connectivity index (χ2n) is 7.24. The van der Waals surface area contributed by atoms with Crippen molar-refractivity contribution < 1.29 is 0 Å². The predicted molar refractivity (Wildman–Crippen MR) is 97.9 cm³/mol. The molecule has 0 radical (unpaired) electrons. The van der Waals surface area contributed by atoms with Crippen molar-refractivity contribution in [1.82, 2.24) is 10.2 Å². The molecule has 1 N–H and O–H groups in total. The van der Waals surface area contributed by atoms with Crippen molar-refractivity contribution in [3.63, 3.8) is 0 Å². The molecule has 0 spiro atoms. The Kier molecular flexibility index (Phi) is 7.27. The van der Waals surface area contributed by atoms with Crippen LogP contribution in [0.4, 0.5) is 0 Å². The molecular formula is C18H34N4. The third kappa shape index (κ3) is 5.56. The van der Waals surface area contributed by atoms with Gasteiger partial charge in [-0.25, -0.2) is 4.99 Å². The monoisotopic (exact) mass is 306 g/mol. The van der Waals surface area contributed by atoms with Gasteiger partial charge >= 0.3 is 0 Å². The van der Waals surface area contributed by atoms with Crippen LogP contribution in [0.1, 0.15) is 53.4 Å². The molecule has 1 aliphatic rings. The minimum absolute atomic E-state index is 0.0573. The first-order chi connectivity index (χ1) is 10.3. The Balaban J connectivity index is 2.75. The van der Waals surface area contributed by atoms with Crippen LogP contribution in [0, 0.1) is 5.41 Å². The molecule has 22 heavy (non-hydrogen) atoms. The first-order valence-corrected chi connectivity index (χ1v) is 8.46. The number of rotatable bonds is 5. The fourth-order valence-corrected chi connectivity index (χ4v) is 2.99.